The number of piperidine rings is 2. The number of para-hydroxylation sites is 1. The highest BCUT2D eigenvalue weighted by Gasteiger charge is 2.29. The highest BCUT2D eigenvalue weighted by Crippen LogP contribution is 2.34. The van der Waals surface area contributed by atoms with Gasteiger partial charge in [0.05, 0.1) is 12.0 Å². The zero-order valence-electron chi connectivity index (χ0n) is 20.3. The molecule has 2 fully saturated rings. The molecule has 0 aliphatic carbocycles. The van der Waals surface area contributed by atoms with Crippen molar-refractivity contribution in [1.82, 2.24) is 14.8 Å². The summed E-state index contributed by atoms with van der Waals surface area (Å²) in [5.74, 6) is 0.587. The Kier molecular flexibility index (Phi) is 6.43. The van der Waals surface area contributed by atoms with Crippen molar-refractivity contribution in [2.75, 3.05) is 26.2 Å². The van der Waals surface area contributed by atoms with E-state index in [1.165, 1.54) is 16.7 Å². The maximum atomic E-state index is 13.6. The summed E-state index contributed by atoms with van der Waals surface area (Å²) in [6.07, 6.45) is 4.07. The third-order valence-electron chi connectivity index (χ3n) is 7.84. The van der Waals surface area contributed by atoms with Crippen molar-refractivity contribution >= 4 is 16.8 Å². The number of benzene rings is 2. The standard InChI is InChI=1S/C29H34N4O/c1-20-7-5-8-21(2)27(20)23-12-15-32(16-13-23)19-25-24-10-3-4-11-26(24)31-28(25)29(34)33-14-6-9-22(17-30)18-33/h3-5,7-8,10-11,22-23,31H,6,9,12-16,18-19H2,1-2H3. The smallest absolute Gasteiger partial charge is 0.270 e. The number of likely N-dealkylation sites (tertiary alicyclic amines) is 2. The van der Waals surface area contributed by atoms with Gasteiger partial charge in [-0.1, -0.05) is 36.4 Å². The van der Waals surface area contributed by atoms with Crippen LogP contribution in [-0.2, 0) is 6.54 Å². The van der Waals surface area contributed by atoms with Gasteiger partial charge in [0.15, 0.2) is 0 Å². The van der Waals surface area contributed by atoms with Gasteiger partial charge in [0.2, 0.25) is 0 Å². The largest absolute Gasteiger partial charge is 0.350 e. The first-order valence-corrected chi connectivity index (χ1v) is 12.6. The second kappa shape index (κ2) is 9.64. The zero-order chi connectivity index (χ0) is 23.7. The molecule has 0 bridgehead atoms. The quantitative estimate of drug-likeness (QED) is 0.563. The highest BCUT2D eigenvalue weighted by molar-refractivity contribution is 6.01. The first-order chi connectivity index (χ1) is 16.5. The molecule has 1 aromatic heterocycles. The molecule has 0 saturated carbocycles. The minimum atomic E-state index is -0.0607. The van der Waals surface area contributed by atoms with Gasteiger partial charge in [-0.25, -0.2) is 0 Å². The summed E-state index contributed by atoms with van der Waals surface area (Å²) in [4.78, 5) is 21.4. The summed E-state index contributed by atoms with van der Waals surface area (Å²) < 4.78 is 0. The second-order valence-electron chi connectivity index (χ2n) is 10.1. The molecule has 34 heavy (non-hydrogen) atoms. The Morgan fingerprint density at radius 2 is 1.76 bits per heavy atom. The number of carbonyl (C=O) groups is 1. The molecule has 0 spiro atoms. The summed E-state index contributed by atoms with van der Waals surface area (Å²) in [6.45, 7) is 8.57. The van der Waals surface area contributed by atoms with E-state index in [0.717, 1.165) is 68.3 Å². The number of nitrogens with one attached hydrogen (secondary N) is 1. The molecule has 2 aliphatic rings. The van der Waals surface area contributed by atoms with Crippen LogP contribution in [0, 0.1) is 31.1 Å². The number of hydrogen-bond donors (Lipinski definition) is 1. The van der Waals surface area contributed by atoms with Gasteiger partial charge in [0.25, 0.3) is 5.91 Å². The van der Waals surface area contributed by atoms with Crippen molar-refractivity contribution in [2.45, 2.75) is 52.0 Å². The fourth-order valence-corrected chi connectivity index (χ4v) is 6.05. The third kappa shape index (κ3) is 4.35. The van der Waals surface area contributed by atoms with E-state index in [1.54, 1.807) is 0 Å². The minimum absolute atomic E-state index is 0.0385. The molecule has 1 amide bonds. The number of H-pyrrole nitrogens is 1. The molecule has 176 valence electrons. The van der Waals surface area contributed by atoms with E-state index in [9.17, 15) is 10.1 Å². The molecule has 5 heteroatoms. The molecule has 1 unspecified atom stereocenters. The Labute approximate surface area is 202 Å². The number of hydrogen-bond acceptors (Lipinski definition) is 3. The lowest BCUT2D eigenvalue weighted by Crippen LogP contribution is -2.40. The highest BCUT2D eigenvalue weighted by atomic mass is 16.2. The number of fused-ring (bicyclic) bond motifs is 1. The van der Waals surface area contributed by atoms with Crippen LogP contribution in [0.3, 0.4) is 0 Å². The van der Waals surface area contributed by atoms with E-state index in [-0.39, 0.29) is 11.8 Å². The number of carbonyl (C=O) groups excluding carboxylic acids is 1. The lowest BCUT2D eigenvalue weighted by Gasteiger charge is -2.34. The fraction of sp³-hybridized carbons (Fsp3) is 0.448. The molecule has 2 aliphatic heterocycles. The molecule has 5 nitrogen and oxygen atoms in total. The zero-order valence-corrected chi connectivity index (χ0v) is 20.3. The van der Waals surface area contributed by atoms with E-state index in [2.05, 4.69) is 60.1 Å². The van der Waals surface area contributed by atoms with Crippen molar-refractivity contribution in [3.05, 3.63) is 70.4 Å². The minimum Gasteiger partial charge on any atom is -0.350 e. The first kappa shape index (κ1) is 22.7. The van der Waals surface area contributed by atoms with Crippen molar-refractivity contribution in [3.8, 4) is 6.07 Å². The van der Waals surface area contributed by atoms with Gasteiger partial charge in [-0.05, 0) is 81.3 Å². The maximum absolute atomic E-state index is 13.6. The van der Waals surface area contributed by atoms with Gasteiger partial charge in [0.1, 0.15) is 5.69 Å². The van der Waals surface area contributed by atoms with Crippen LogP contribution in [0.15, 0.2) is 42.5 Å². The molecule has 3 aromatic rings. The predicted molar refractivity (Wildman–Crippen MR) is 136 cm³/mol. The van der Waals surface area contributed by atoms with Crippen molar-refractivity contribution in [3.63, 3.8) is 0 Å². The molecule has 5 rings (SSSR count). The van der Waals surface area contributed by atoms with Gasteiger partial charge in [0, 0.05) is 36.1 Å². The predicted octanol–water partition coefficient (Wildman–Crippen LogP) is 5.54. The Morgan fingerprint density at radius 3 is 2.50 bits per heavy atom. The van der Waals surface area contributed by atoms with Crippen molar-refractivity contribution in [1.29, 1.82) is 5.26 Å². The van der Waals surface area contributed by atoms with Crippen LogP contribution in [0.2, 0.25) is 0 Å². The molecule has 3 heterocycles. The molecular weight excluding hydrogens is 420 g/mol. The Balaban J connectivity index is 1.36. The molecule has 2 saturated heterocycles. The van der Waals surface area contributed by atoms with Gasteiger partial charge < -0.3 is 9.88 Å². The molecular formula is C29H34N4O. The molecule has 1 N–H and O–H groups in total. The van der Waals surface area contributed by atoms with Crippen LogP contribution in [0.5, 0.6) is 0 Å². The van der Waals surface area contributed by atoms with Crippen molar-refractivity contribution in [2.24, 2.45) is 5.92 Å². The van der Waals surface area contributed by atoms with Crippen LogP contribution in [-0.4, -0.2) is 46.9 Å². The van der Waals surface area contributed by atoms with Gasteiger partial charge in [-0.2, -0.15) is 5.26 Å². The lowest BCUT2D eigenvalue weighted by atomic mass is 9.84. The van der Waals surface area contributed by atoms with E-state index in [4.69, 9.17) is 0 Å². The SMILES string of the molecule is Cc1cccc(C)c1C1CCN(Cc2c(C(=O)N3CCCC(C#N)C3)[nH]c3ccccc23)CC1. The Hall–Kier alpha value is -3.10. The summed E-state index contributed by atoms with van der Waals surface area (Å²) in [5.41, 5.74) is 7.16. The average molecular weight is 455 g/mol. The van der Waals surface area contributed by atoms with E-state index in [1.807, 2.05) is 17.0 Å². The van der Waals surface area contributed by atoms with Gasteiger partial charge in [-0.15, -0.1) is 0 Å². The summed E-state index contributed by atoms with van der Waals surface area (Å²) >= 11 is 0. The number of rotatable bonds is 4. The molecule has 1 atom stereocenters. The van der Waals surface area contributed by atoms with E-state index < -0.39 is 0 Å². The average Bonchev–Trinajstić information content (AvgIpc) is 3.23. The van der Waals surface area contributed by atoms with Crippen LogP contribution in [0.25, 0.3) is 10.9 Å². The summed E-state index contributed by atoms with van der Waals surface area (Å²) in [5, 5.41) is 10.5. The van der Waals surface area contributed by atoms with Crippen LogP contribution < -0.4 is 0 Å². The van der Waals surface area contributed by atoms with Crippen LogP contribution in [0.4, 0.5) is 0 Å². The number of amides is 1. The molecule has 2 aromatic carbocycles. The number of nitrogens with zero attached hydrogens (tertiary/aromatic N) is 3. The topological polar surface area (TPSA) is 63.1 Å². The monoisotopic (exact) mass is 454 g/mol. The normalized spacial score (nSPS) is 19.9. The van der Waals surface area contributed by atoms with Gasteiger partial charge >= 0.3 is 0 Å². The lowest BCUT2D eigenvalue weighted by molar-refractivity contribution is 0.0691. The van der Waals surface area contributed by atoms with Gasteiger partial charge in [-0.3, -0.25) is 9.69 Å². The molecule has 0 radical (unpaired) electrons. The van der Waals surface area contributed by atoms with Crippen LogP contribution >= 0.6 is 0 Å². The number of aromatic nitrogens is 1. The summed E-state index contributed by atoms with van der Waals surface area (Å²) in [6, 6.07) is 17.2. The maximum Gasteiger partial charge on any atom is 0.270 e. The van der Waals surface area contributed by atoms with E-state index >= 15 is 0 Å². The Bertz CT molecular complexity index is 1210. The Morgan fingerprint density at radius 1 is 1.03 bits per heavy atom. The van der Waals surface area contributed by atoms with Crippen molar-refractivity contribution < 1.29 is 4.79 Å². The number of aryl methyl sites for hydroxylation is 2. The number of nitriles is 1. The number of aromatic amines is 1. The summed E-state index contributed by atoms with van der Waals surface area (Å²) in [7, 11) is 0. The van der Waals surface area contributed by atoms with E-state index in [0.29, 0.717) is 18.2 Å². The van der Waals surface area contributed by atoms with Crippen LogP contribution in [0.1, 0.15) is 64.3 Å². The second-order valence-corrected chi connectivity index (χ2v) is 10.1. The fourth-order valence-electron chi connectivity index (χ4n) is 6.05. The third-order valence-corrected chi connectivity index (χ3v) is 7.84. The first-order valence-electron chi connectivity index (χ1n) is 12.6.